The Hall–Kier alpha value is -2.23. The molecule has 1 aromatic carbocycles. The molecule has 18 heavy (non-hydrogen) atoms. The monoisotopic (exact) mass is 244 g/mol. The fourth-order valence-corrected chi connectivity index (χ4v) is 1.66. The lowest BCUT2D eigenvalue weighted by Gasteiger charge is -2.14. The molecule has 4 nitrogen and oxygen atoms in total. The molecule has 94 valence electrons. The van der Waals surface area contributed by atoms with Gasteiger partial charge in [-0.15, -0.1) is 0 Å². The molecule has 0 radical (unpaired) electrons. The van der Waals surface area contributed by atoms with Crippen LogP contribution in [-0.2, 0) is 4.79 Å². The van der Waals surface area contributed by atoms with E-state index in [9.17, 15) is 4.79 Å². The number of methoxy groups -OCH3 is 1. The van der Waals surface area contributed by atoms with Crippen molar-refractivity contribution in [3.63, 3.8) is 0 Å². The average molecular weight is 244 g/mol. The molecule has 0 bridgehead atoms. The standard InChI is InChI=1S/C14H16N2O2/c1-11(16-9-3-4-10-16)14(17)15-12-5-7-13(18-2)8-6-12/h3-11H,1-2H3,(H,15,17)/t11-/m1/s1. The molecular formula is C14H16N2O2. The first-order valence-electron chi connectivity index (χ1n) is 5.78. The predicted octanol–water partition coefficient (Wildman–Crippen LogP) is 2.70. The third kappa shape index (κ3) is 2.71. The number of carbonyl (C=O) groups excluding carboxylic acids is 1. The number of ether oxygens (including phenoxy) is 1. The molecule has 1 N–H and O–H groups in total. The van der Waals surface area contributed by atoms with E-state index in [-0.39, 0.29) is 11.9 Å². The van der Waals surface area contributed by atoms with Gasteiger partial charge in [0.05, 0.1) is 7.11 Å². The molecule has 1 amide bonds. The van der Waals surface area contributed by atoms with Crippen LogP contribution in [0.1, 0.15) is 13.0 Å². The number of nitrogens with zero attached hydrogens (tertiary/aromatic N) is 1. The Kier molecular flexibility index (Phi) is 3.67. The first-order valence-corrected chi connectivity index (χ1v) is 5.78. The molecule has 4 heteroatoms. The summed E-state index contributed by atoms with van der Waals surface area (Å²) in [5, 5.41) is 2.87. The van der Waals surface area contributed by atoms with E-state index in [0.29, 0.717) is 0 Å². The van der Waals surface area contributed by atoms with E-state index in [1.807, 2.05) is 60.3 Å². The summed E-state index contributed by atoms with van der Waals surface area (Å²) in [4.78, 5) is 12.0. The minimum absolute atomic E-state index is 0.0450. The maximum atomic E-state index is 12.0. The van der Waals surface area contributed by atoms with E-state index < -0.39 is 0 Å². The van der Waals surface area contributed by atoms with Crippen LogP contribution in [-0.4, -0.2) is 17.6 Å². The van der Waals surface area contributed by atoms with Crippen LogP contribution in [0, 0.1) is 0 Å². The van der Waals surface area contributed by atoms with E-state index in [1.165, 1.54) is 0 Å². The minimum atomic E-state index is -0.234. The molecule has 0 fully saturated rings. The highest BCUT2D eigenvalue weighted by molar-refractivity contribution is 5.93. The molecule has 0 saturated heterocycles. The summed E-state index contributed by atoms with van der Waals surface area (Å²) in [7, 11) is 1.61. The van der Waals surface area contributed by atoms with Crippen molar-refractivity contribution < 1.29 is 9.53 Å². The van der Waals surface area contributed by atoms with Crippen LogP contribution in [0.25, 0.3) is 0 Å². The number of hydrogen-bond donors (Lipinski definition) is 1. The summed E-state index contributed by atoms with van der Waals surface area (Å²) < 4.78 is 6.92. The third-order valence-electron chi connectivity index (χ3n) is 2.81. The van der Waals surface area contributed by atoms with Gasteiger partial charge in [0.15, 0.2) is 0 Å². The zero-order chi connectivity index (χ0) is 13.0. The quantitative estimate of drug-likeness (QED) is 0.898. The number of nitrogens with one attached hydrogen (secondary N) is 1. The van der Waals surface area contributed by atoms with Crippen molar-refractivity contribution in [2.45, 2.75) is 13.0 Å². The van der Waals surface area contributed by atoms with Crippen LogP contribution in [0.4, 0.5) is 5.69 Å². The lowest BCUT2D eigenvalue weighted by atomic mass is 10.2. The number of benzene rings is 1. The van der Waals surface area contributed by atoms with Crippen molar-refractivity contribution >= 4 is 11.6 Å². The van der Waals surface area contributed by atoms with E-state index in [1.54, 1.807) is 7.11 Å². The van der Waals surface area contributed by atoms with Crippen molar-refractivity contribution in [1.29, 1.82) is 0 Å². The number of rotatable bonds is 4. The Morgan fingerprint density at radius 2 is 1.83 bits per heavy atom. The van der Waals surface area contributed by atoms with Gasteiger partial charge in [-0.2, -0.15) is 0 Å². The summed E-state index contributed by atoms with van der Waals surface area (Å²) in [6, 6.07) is 10.8. The third-order valence-corrected chi connectivity index (χ3v) is 2.81. The van der Waals surface area contributed by atoms with E-state index in [0.717, 1.165) is 11.4 Å². The van der Waals surface area contributed by atoms with E-state index in [2.05, 4.69) is 5.32 Å². The topological polar surface area (TPSA) is 43.3 Å². The SMILES string of the molecule is COc1ccc(NC(=O)[C@@H](C)n2cccc2)cc1. The largest absolute Gasteiger partial charge is 0.497 e. The van der Waals surface area contributed by atoms with Crippen molar-refractivity contribution in [3.05, 3.63) is 48.8 Å². The van der Waals surface area contributed by atoms with Crippen LogP contribution in [0.2, 0.25) is 0 Å². The Bertz CT molecular complexity index is 503. The second kappa shape index (κ2) is 5.40. The first kappa shape index (κ1) is 12.2. The molecule has 2 aromatic rings. The molecule has 1 atom stereocenters. The first-order chi connectivity index (χ1) is 8.70. The van der Waals surface area contributed by atoms with Gasteiger partial charge in [-0.25, -0.2) is 0 Å². The Labute approximate surface area is 106 Å². The van der Waals surface area contributed by atoms with Crippen LogP contribution in [0.3, 0.4) is 0 Å². The summed E-state index contributed by atoms with van der Waals surface area (Å²) in [6.07, 6.45) is 3.75. The smallest absolute Gasteiger partial charge is 0.247 e. The van der Waals surface area contributed by atoms with Gasteiger partial charge in [0.2, 0.25) is 5.91 Å². The molecule has 0 saturated carbocycles. The highest BCUT2D eigenvalue weighted by atomic mass is 16.5. The summed E-state index contributed by atoms with van der Waals surface area (Å²) in [5.74, 6) is 0.725. The minimum Gasteiger partial charge on any atom is -0.497 e. The Morgan fingerprint density at radius 3 is 2.39 bits per heavy atom. The molecule has 1 aromatic heterocycles. The molecule has 0 aliphatic carbocycles. The average Bonchev–Trinajstić information content (AvgIpc) is 2.92. The summed E-state index contributed by atoms with van der Waals surface area (Å²) >= 11 is 0. The van der Waals surface area contributed by atoms with Gasteiger partial charge in [0.25, 0.3) is 0 Å². The number of aromatic nitrogens is 1. The fraction of sp³-hybridized carbons (Fsp3) is 0.214. The van der Waals surface area contributed by atoms with Crippen molar-refractivity contribution in [2.75, 3.05) is 12.4 Å². The van der Waals surface area contributed by atoms with Gasteiger partial charge in [0.1, 0.15) is 11.8 Å². The molecule has 0 aliphatic rings. The van der Waals surface area contributed by atoms with Crippen molar-refractivity contribution in [3.8, 4) is 5.75 Å². The molecular weight excluding hydrogens is 228 g/mol. The highest BCUT2D eigenvalue weighted by Gasteiger charge is 2.13. The van der Waals surface area contributed by atoms with Crippen molar-refractivity contribution in [2.24, 2.45) is 0 Å². The number of amides is 1. The number of carbonyl (C=O) groups is 1. The molecule has 0 spiro atoms. The number of hydrogen-bond acceptors (Lipinski definition) is 2. The summed E-state index contributed by atoms with van der Waals surface area (Å²) in [6.45, 7) is 1.86. The van der Waals surface area contributed by atoms with E-state index in [4.69, 9.17) is 4.74 Å². The molecule has 2 rings (SSSR count). The van der Waals surface area contributed by atoms with Gasteiger partial charge < -0.3 is 14.6 Å². The molecule has 0 aliphatic heterocycles. The molecule has 0 unspecified atom stereocenters. The zero-order valence-electron chi connectivity index (χ0n) is 10.5. The maximum Gasteiger partial charge on any atom is 0.247 e. The van der Waals surface area contributed by atoms with Crippen LogP contribution < -0.4 is 10.1 Å². The van der Waals surface area contributed by atoms with Gasteiger partial charge in [0, 0.05) is 18.1 Å². The Balaban J connectivity index is 2.02. The van der Waals surface area contributed by atoms with Gasteiger partial charge >= 0.3 is 0 Å². The summed E-state index contributed by atoms with van der Waals surface area (Å²) in [5.41, 5.74) is 0.764. The van der Waals surface area contributed by atoms with Gasteiger partial charge in [-0.3, -0.25) is 4.79 Å². The highest BCUT2D eigenvalue weighted by Crippen LogP contribution is 2.16. The van der Waals surface area contributed by atoms with Crippen molar-refractivity contribution in [1.82, 2.24) is 4.57 Å². The number of anilines is 1. The van der Waals surface area contributed by atoms with Crippen LogP contribution >= 0.6 is 0 Å². The fourth-order valence-electron chi connectivity index (χ4n) is 1.66. The lowest BCUT2D eigenvalue weighted by Crippen LogP contribution is -2.22. The van der Waals surface area contributed by atoms with Crippen LogP contribution in [0.15, 0.2) is 48.8 Å². The van der Waals surface area contributed by atoms with Gasteiger partial charge in [-0.1, -0.05) is 0 Å². The predicted molar refractivity (Wildman–Crippen MR) is 70.8 cm³/mol. The normalized spacial score (nSPS) is 11.9. The zero-order valence-corrected chi connectivity index (χ0v) is 10.5. The van der Waals surface area contributed by atoms with Gasteiger partial charge in [-0.05, 0) is 43.3 Å². The lowest BCUT2D eigenvalue weighted by molar-refractivity contribution is -0.118. The van der Waals surface area contributed by atoms with Crippen LogP contribution in [0.5, 0.6) is 5.75 Å². The van der Waals surface area contributed by atoms with E-state index >= 15 is 0 Å². The second-order valence-corrected chi connectivity index (χ2v) is 4.02. The second-order valence-electron chi connectivity index (χ2n) is 4.02. The molecule has 1 heterocycles. The Morgan fingerprint density at radius 1 is 1.22 bits per heavy atom. The maximum absolute atomic E-state index is 12.0.